The third kappa shape index (κ3) is 2.39. The van der Waals surface area contributed by atoms with Crippen molar-refractivity contribution in [1.82, 2.24) is 5.32 Å². The molecular formula is C14H17Cl2NO. The number of halogens is 2. The Kier molecular flexibility index (Phi) is 3.55. The molecule has 1 aliphatic heterocycles. The summed E-state index contributed by atoms with van der Waals surface area (Å²) < 4.78 is 6.03. The maximum Gasteiger partial charge on any atom is 0.0965 e. The van der Waals surface area contributed by atoms with E-state index in [0.717, 1.165) is 23.7 Å². The minimum absolute atomic E-state index is 0.0161. The van der Waals surface area contributed by atoms with Crippen molar-refractivity contribution in [2.24, 2.45) is 0 Å². The van der Waals surface area contributed by atoms with Crippen molar-refractivity contribution in [1.29, 1.82) is 0 Å². The summed E-state index contributed by atoms with van der Waals surface area (Å²) in [5, 5.41) is 5.10. The molecule has 4 heteroatoms. The molecule has 1 N–H and O–H groups in total. The zero-order valence-electron chi connectivity index (χ0n) is 10.2. The van der Waals surface area contributed by atoms with Gasteiger partial charge in [-0.15, -0.1) is 0 Å². The summed E-state index contributed by atoms with van der Waals surface area (Å²) in [4.78, 5) is 0. The summed E-state index contributed by atoms with van der Waals surface area (Å²) in [6, 6.07) is 5.55. The second kappa shape index (κ2) is 5.01. The van der Waals surface area contributed by atoms with E-state index in [1.807, 2.05) is 18.2 Å². The van der Waals surface area contributed by atoms with Gasteiger partial charge in [-0.25, -0.2) is 0 Å². The molecule has 1 unspecified atom stereocenters. The lowest BCUT2D eigenvalue weighted by Crippen LogP contribution is -2.53. The Bertz CT molecular complexity index is 433. The van der Waals surface area contributed by atoms with Gasteiger partial charge >= 0.3 is 0 Å². The van der Waals surface area contributed by atoms with Crippen molar-refractivity contribution in [3.8, 4) is 0 Å². The Morgan fingerprint density at radius 3 is 2.67 bits per heavy atom. The monoisotopic (exact) mass is 285 g/mol. The minimum atomic E-state index is 0.0161. The van der Waals surface area contributed by atoms with E-state index in [0.29, 0.717) is 5.02 Å². The Hall–Kier alpha value is -0.280. The van der Waals surface area contributed by atoms with Crippen molar-refractivity contribution < 1.29 is 4.74 Å². The largest absolute Gasteiger partial charge is 0.370 e. The highest BCUT2D eigenvalue weighted by Crippen LogP contribution is 2.37. The summed E-state index contributed by atoms with van der Waals surface area (Å²) in [5.74, 6) is 0. The molecule has 1 saturated heterocycles. The number of ether oxygens (including phenoxy) is 1. The molecule has 1 atom stereocenters. The van der Waals surface area contributed by atoms with Gasteiger partial charge in [0.2, 0.25) is 0 Å². The lowest BCUT2D eigenvalue weighted by molar-refractivity contribution is -0.0325. The summed E-state index contributed by atoms with van der Waals surface area (Å²) >= 11 is 12.2. The van der Waals surface area contributed by atoms with Crippen LogP contribution in [0.2, 0.25) is 10.0 Å². The third-order valence-corrected chi connectivity index (χ3v) is 4.67. The molecule has 0 aromatic heterocycles. The fourth-order valence-electron chi connectivity index (χ4n) is 3.01. The van der Waals surface area contributed by atoms with Crippen molar-refractivity contribution in [3.63, 3.8) is 0 Å². The fourth-order valence-corrected chi connectivity index (χ4v) is 3.43. The molecule has 0 radical (unpaired) electrons. The van der Waals surface area contributed by atoms with Crippen LogP contribution in [0.25, 0.3) is 0 Å². The van der Waals surface area contributed by atoms with E-state index in [9.17, 15) is 0 Å². The molecule has 2 fully saturated rings. The van der Waals surface area contributed by atoms with Gasteiger partial charge in [-0.1, -0.05) is 36.0 Å². The van der Waals surface area contributed by atoms with Crippen molar-refractivity contribution >= 4 is 23.2 Å². The first kappa shape index (κ1) is 12.7. The average Bonchev–Trinajstić information content (AvgIpc) is 2.82. The molecule has 0 bridgehead atoms. The van der Waals surface area contributed by atoms with Gasteiger partial charge in [0, 0.05) is 27.7 Å². The molecule has 1 aromatic carbocycles. The molecule has 1 heterocycles. The molecule has 0 amide bonds. The van der Waals surface area contributed by atoms with Gasteiger partial charge in [0.25, 0.3) is 0 Å². The summed E-state index contributed by atoms with van der Waals surface area (Å²) in [5.41, 5.74) is 1.21. The topological polar surface area (TPSA) is 21.3 Å². The van der Waals surface area contributed by atoms with E-state index in [-0.39, 0.29) is 11.6 Å². The Morgan fingerprint density at radius 1 is 1.22 bits per heavy atom. The van der Waals surface area contributed by atoms with Gasteiger partial charge in [-0.05, 0) is 31.0 Å². The van der Waals surface area contributed by atoms with Crippen LogP contribution in [0.1, 0.15) is 37.4 Å². The fraction of sp³-hybridized carbons (Fsp3) is 0.571. The molecule has 2 nitrogen and oxygen atoms in total. The van der Waals surface area contributed by atoms with Crippen molar-refractivity contribution in [2.45, 2.75) is 37.3 Å². The number of morpholine rings is 1. The van der Waals surface area contributed by atoms with Crippen molar-refractivity contribution in [2.75, 3.05) is 13.2 Å². The second-order valence-electron chi connectivity index (χ2n) is 5.33. The summed E-state index contributed by atoms with van der Waals surface area (Å²) in [7, 11) is 0. The van der Waals surface area contributed by atoms with Crippen LogP contribution in [0.3, 0.4) is 0 Å². The Morgan fingerprint density at radius 2 is 2.00 bits per heavy atom. The molecule has 2 aliphatic rings. The summed E-state index contributed by atoms with van der Waals surface area (Å²) in [6.45, 7) is 1.60. The standard InChI is InChI=1S/C14H17Cl2NO/c15-10-3-4-12(16)11(7-10)13-8-17-14(9-18-13)5-1-2-6-14/h3-4,7,13,17H,1-2,5-6,8-9H2. The van der Waals surface area contributed by atoms with E-state index in [2.05, 4.69) is 5.32 Å². The van der Waals surface area contributed by atoms with E-state index in [1.165, 1.54) is 25.7 Å². The molecule has 1 aliphatic carbocycles. The normalized spacial score (nSPS) is 26.7. The lowest BCUT2D eigenvalue weighted by atomic mass is 9.95. The highest BCUT2D eigenvalue weighted by Gasteiger charge is 2.38. The predicted molar refractivity (Wildman–Crippen MR) is 74.4 cm³/mol. The molecule has 3 rings (SSSR count). The first-order valence-electron chi connectivity index (χ1n) is 6.50. The Labute approximate surface area is 118 Å². The van der Waals surface area contributed by atoms with Crippen LogP contribution in [0.4, 0.5) is 0 Å². The number of hydrogen-bond acceptors (Lipinski definition) is 2. The molecule has 98 valence electrons. The number of rotatable bonds is 1. The molecule has 1 saturated carbocycles. The maximum atomic E-state index is 6.21. The first-order chi connectivity index (χ1) is 8.69. The van der Waals surface area contributed by atoms with E-state index < -0.39 is 0 Å². The van der Waals surface area contributed by atoms with Crippen LogP contribution in [0, 0.1) is 0 Å². The van der Waals surface area contributed by atoms with Gasteiger partial charge in [0.05, 0.1) is 12.7 Å². The van der Waals surface area contributed by atoms with E-state index in [1.54, 1.807) is 0 Å². The lowest BCUT2D eigenvalue weighted by Gasteiger charge is -2.39. The zero-order chi connectivity index (χ0) is 12.6. The Balaban J connectivity index is 1.74. The van der Waals surface area contributed by atoms with E-state index in [4.69, 9.17) is 27.9 Å². The quantitative estimate of drug-likeness (QED) is 0.843. The van der Waals surface area contributed by atoms with Gasteiger partial charge in [-0.2, -0.15) is 0 Å². The number of hydrogen-bond donors (Lipinski definition) is 1. The summed E-state index contributed by atoms with van der Waals surface area (Å²) in [6.07, 6.45) is 5.08. The average molecular weight is 286 g/mol. The maximum absolute atomic E-state index is 6.21. The van der Waals surface area contributed by atoms with Crippen LogP contribution in [-0.4, -0.2) is 18.7 Å². The third-order valence-electron chi connectivity index (χ3n) is 4.09. The SMILES string of the molecule is Clc1ccc(Cl)c(C2CNC3(CCCC3)CO2)c1. The van der Waals surface area contributed by atoms with Crippen LogP contribution < -0.4 is 5.32 Å². The van der Waals surface area contributed by atoms with Crippen LogP contribution in [-0.2, 0) is 4.74 Å². The van der Waals surface area contributed by atoms with Gasteiger partial charge in [0.1, 0.15) is 0 Å². The van der Waals surface area contributed by atoms with Gasteiger partial charge in [0.15, 0.2) is 0 Å². The highest BCUT2D eigenvalue weighted by atomic mass is 35.5. The second-order valence-corrected chi connectivity index (χ2v) is 6.18. The van der Waals surface area contributed by atoms with Crippen LogP contribution in [0.15, 0.2) is 18.2 Å². The molecule has 1 aromatic rings. The molecule has 18 heavy (non-hydrogen) atoms. The van der Waals surface area contributed by atoms with Crippen LogP contribution in [0.5, 0.6) is 0 Å². The zero-order valence-corrected chi connectivity index (χ0v) is 11.7. The predicted octanol–water partition coefficient (Wildman–Crippen LogP) is 3.97. The molecule has 1 spiro atoms. The first-order valence-corrected chi connectivity index (χ1v) is 7.26. The molecular weight excluding hydrogens is 269 g/mol. The van der Waals surface area contributed by atoms with Crippen molar-refractivity contribution in [3.05, 3.63) is 33.8 Å². The number of benzene rings is 1. The van der Waals surface area contributed by atoms with E-state index >= 15 is 0 Å². The number of nitrogens with one attached hydrogen (secondary N) is 1. The smallest absolute Gasteiger partial charge is 0.0965 e. The van der Waals surface area contributed by atoms with Gasteiger partial charge < -0.3 is 10.1 Å². The van der Waals surface area contributed by atoms with Gasteiger partial charge in [-0.3, -0.25) is 0 Å². The van der Waals surface area contributed by atoms with Crippen LogP contribution >= 0.6 is 23.2 Å². The highest BCUT2D eigenvalue weighted by molar-refractivity contribution is 6.33. The minimum Gasteiger partial charge on any atom is -0.370 e.